The van der Waals surface area contributed by atoms with Crippen LogP contribution in [0.25, 0.3) is 11.0 Å². The maximum Gasteiger partial charge on any atom is 0.111 e. The van der Waals surface area contributed by atoms with Gasteiger partial charge in [-0.2, -0.15) is 0 Å². The Bertz CT molecular complexity index is 599. The number of alkyl halides is 1. The van der Waals surface area contributed by atoms with Gasteiger partial charge in [-0.3, -0.25) is 0 Å². The summed E-state index contributed by atoms with van der Waals surface area (Å²) in [5, 5.41) is 0. The predicted molar refractivity (Wildman–Crippen MR) is 78.0 cm³/mol. The van der Waals surface area contributed by atoms with Gasteiger partial charge in [0.05, 0.1) is 23.2 Å². The van der Waals surface area contributed by atoms with E-state index in [4.69, 9.17) is 21.3 Å². The summed E-state index contributed by atoms with van der Waals surface area (Å²) in [6.45, 7) is 5.94. The minimum atomic E-state index is 0.00390. The molecule has 1 aromatic heterocycles. The van der Waals surface area contributed by atoms with Gasteiger partial charge in [0.1, 0.15) is 5.82 Å². The molecule has 4 heteroatoms. The van der Waals surface area contributed by atoms with Crippen LogP contribution in [0.1, 0.15) is 24.7 Å². The number of hydrogen-bond donors (Lipinski definition) is 0. The van der Waals surface area contributed by atoms with Crippen molar-refractivity contribution in [3.63, 3.8) is 0 Å². The lowest BCUT2D eigenvalue weighted by atomic mass is 10.0. The highest BCUT2D eigenvalue weighted by atomic mass is 35.5. The van der Waals surface area contributed by atoms with Crippen LogP contribution in [0.15, 0.2) is 18.2 Å². The second-order valence-electron chi connectivity index (χ2n) is 5.59. The number of benzene rings is 1. The Labute approximate surface area is 118 Å². The zero-order valence-electron chi connectivity index (χ0n) is 11.4. The molecular formula is C15H19ClN2O. The Balaban J connectivity index is 2.23. The van der Waals surface area contributed by atoms with E-state index >= 15 is 0 Å². The molecule has 1 fully saturated rings. The lowest BCUT2D eigenvalue weighted by molar-refractivity contribution is 0.162. The molecule has 0 N–H and O–H groups in total. The fraction of sp³-hybridized carbons (Fsp3) is 0.533. The number of ether oxygens (including phenoxy) is 1. The van der Waals surface area contributed by atoms with E-state index in [0.29, 0.717) is 5.88 Å². The molecule has 3 nitrogen and oxygen atoms in total. The number of halogens is 1. The van der Waals surface area contributed by atoms with Crippen LogP contribution in [0.2, 0.25) is 0 Å². The smallest absolute Gasteiger partial charge is 0.111 e. The molecule has 1 aromatic carbocycles. The molecule has 1 aliphatic heterocycles. The monoisotopic (exact) mass is 278 g/mol. The molecule has 1 saturated heterocycles. The zero-order valence-corrected chi connectivity index (χ0v) is 12.2. The lowest BCUT2D eigenvalue weighted by Crippen LogP contribution is -2.32. The largest absolute Gasteiger partial charge is 0.379 e. The fourth-order valence-electron chi connectivity index (χ4n) is 2.92. The van der Waals surface area contributed by atoms with Crippen molar-refractivity contribution < 1.29 is 4.74 Å². The third kappa shape index (κ3) is 2.15. The summed E-state index contributed by atoms with van der Waals surface area (Å²) in [6.07, 6.45) is 1.83. The lowest BCUT2D eigenvalue weighted by Gasteiger charge is -2.27. The molecule has 3 rings (SSSR count). The highest BCUT2D eigenvalue weighted by molar-refractivity contribution is 6.17. The van der Waals surface area contributed by atoms with Gasteiger partial charge in [-0.1, -0.05) is 6.07 Å². The van der Waals surface area contributed by atoms with E-state index < -0.39 is 0 Å². The van der Waals surface area contributed by atoms with Gasteiger partial charge in [0, 0.05) is 18.9 Å². The van der Waals surface area contributed by atoms with Crippen molar-refractivity contribution in [1.82, 2.24) is 9.55 Å². The molecule has 0 saturated carbocycles. The molecule has 0 amide bonds. The molecule has 2 aromatic rings. The van der Waals surface area contributed by atoms with Crippen molar-refractivity contribution in [2.24, 2.45) is 0 Å². The molecule has 0 radical (unpaired) electrons. The van der Waals surface area contributed by atoms with E-state index in [9.17, 15) is 0 Å². The number of aryl methyl sites for hydroxylation is 2. The molecule has 0 aliphatic carbocycles. The van der Waals surface area contributed by atoms with Crippen LogP contribution in [-0.4, -0.2) is 28.6 Å². The highest BCUT2D eigenvalue weighted by Gasteiger charge is 2.34. The standard InChI is InChI=1S/C15H19ClN2O/c1-11-3-4-12-13(9-11)18(14(17-12)5-7-16)15(2)6-8-19-10-15/h3-4,9H,5-8,10H2,1-2H3. The summed E-state index contributed by atoms with van der Waals surface area (Å²) in [6, 6.07) is 6.42. The molecule has 19 heavy (non-hydrogen) atoms. The first-order valence-electron chi connectivity index (χ1n) is 6.76. The van der Waals surface area contributed by atoms with Crippen molar-refractivity contribution >= 4 is 22.6 Å². The van der Waals surface area contributed by atoms with Crippen LogP contribution < -0.4 is 0 Å². The van der Waals surface area contributed by atoms with E-state index in [1.807, 2.05) is 0 Å². The highest BCUT2D eigenvalue weighted by Crippen LogP contribution is 2.33. The number of hydrogen-bond acceptors (Lipinski definition) is 2. The molecule has 1 aliphatic rings. The summed E-state index contributed by atoms with van der Waals surface area (Å²) >= 11 is 5.93. The average molecular weight is 279 g/mol. The Hall–Kier alpha value is -1.06. The summed E-state index contributed by atoms with van der Waals surface area (Å²) < 4.78 is 7.97. The van der Waals surface area contributed by atoms with Crippen LogP contribution >= 0.6 is 11.6 Å². The van der Waals surface area contributed by atoms with Crippen LogP contribution in [0, 0.1) is 6.92 Å². The zero-order chi connectivity index (χ0) is 13.5. The van der Waals surface area contributed by atoms with Gasteiger partial charge >= 0.3 is 0 Å². The van der Waals surface area contributed by atoms with Gasteiger partial charge in [-0.05, 0) is 38.0 Å². The number of imidazole rings is 1. The summed E-state index contributed by atoms with van der Waals surface area (Å²) in [7, 11) is 0. The van der Waals surface area contributed by atoms with Crippen molar-refractivity contribution in [1.29, 1.82) is 0 Å². The SMILES string of the molecule is Cc1ccc2nc(CCCl)n(C3(C)CCOC3)c2c1. The summed E-state index contributed by atoms with van der Waals surface area (Å²) in [5.74, 6) is 1.67. The van der Waals surface area contributed by atoms with Gasteiger partial charge in [0.2, 0.25) is 0 Å². The first kappa shape index (κ1) is 12.9. The summed E-state index contributed by atoms with van der Waals surface area (Å²) in [4.78, 5) is 4.76. The number of aromatic nitrogens is 2. The van der Waals surface area contributed by atoms with E-state index in [-0.39, 0.29) is 5.54 Å². The number of nitrogens with zero attached hydrogens (tertiary/aromatic N) is 2. The van der Waals surface area contributed by atoms with Gasteiger partial charge in [0.25, 0.3) is 0 Å². The second-order valence-corrected chi connectivity index (χ2v) is 5.97. The quantitative estimate of drug-likeness (QED) is 0.806. The predicted octanol–water partition coefficient (Wildman–Crippen LogP) is 3.26. The third-order valence-corrected chi connectivity index (χ3v) is 4.12. The van der Waals surface area contributed by atoms with Crippen molar-refractivity contribution in [3.05, 3.63) is 29.6 Å². The average Bonchev–Trinajstić information content (AvgIpc) is 2.94. The molecule has 1 unspecified atom stereocenters. The van der Waals surface area contributed by atoms with Crippen LogP contribution in [0.3, 0.4) is 0 Å². The number of rotatable bonds is 3. The normalized spacial score (nSPS) is 23.3. The Morgan fingerprint density at radius 1 is 1.47 bits per heavy atom. The number of fused-ring (bicyclic) bond motifs is 1. The van der Waals surface area contributed by atoms with Crippen LogP contribution in [0.5, 0.6) is 0 Å². The molecule has 2 heterocycles. The molecule has 0 bridgehead atoms. The van der Waals surface area contributed by atoms with Gasteiger partial charge in [-0.25, -0.2) is 4.98 Å². The Kier molecular flexibility index (Phi) is 3.27. The topological polar surface area (TPSA) is 27.1 Å². The van der Waals surface area contributed by atoms with Gasteiger partial charge in [-0.15, -0.1) is 11.6 Å². The maximum absolute atomic E-state index is 5.93. The van der Waals surface area contributed by atoms with E-state index in [1.54, 1.807) is 0 Å². The van der Waals surface area contributed by atoms with Crippen LogP contribution in [-0.2, 0) is 16.7 Å². The minimum Gasteiger partial charge on any atom is -0.379 e. The van der Waals surface area contributed by atoms with Crippen molar-refractivity contribution in [2.75, 3.05) is 19.1 Å². The molecular weight excluding hydrogens is 260 g/mol. The molecule has 1 atom stereocenters. The first-order valence-corrected chi connectivity index (χ1v) is 7.30. The molecule has 102 valence electrons. The van der Waals surface area contributed by atoms with E-state index in [0.717, 1.165) is 37.4 Å². The fourth-order valence-corrected chi connectivity index (χ4v) is 3.09. The molecule has 0 spiro atoms. The second kappa shape index (κ2) is 4.80. The van der Waals surface area contributed by atoms with Gasteiger partial charge < -0.3 is 9.30 Å². The van der Waals surface area contributed by atoms with E-state index in [2.05, 4.69) is 36.6 Å². The Morgan fingerprint density at radius 2 is 2.32 bits per heavy atom. The van der Waals surface area contributed by atoms with Crippen LogP contribution in [0.4, 0.5) is 0 Å². The van der Waals surface area contributed by atoms with Gasteiger partial charge in [0.15, 0.2) is 0 Å². The maximum atomic E-state index is 5.93. The summed E-state index contributed by atoms with van der Waals surface area (Å²) in [5.41, 5.74) is 3.52. The van der Waals surface area contributed by atoms with Crippen molar-refractivity contribution in [2.45, 2.75) is 32.2 Å². The van der Waals surface area contributed by atoms with Crippen molar-refractivity contribution in [3.8, 4) is 0 Å². The minimum absolute atomic E-state index is 0.00390. The van der Waals surface area contributed by atoms with E-state index in [1.165, 1.54) is 11.1 Å². The first-order chi connectivity index (χ1) is 9.14. The Morgan fingerprint density at radius 3 is 3.00 bits per heavy atom. The third-order valence-electron chi connectivity index (χ3n) is 3.94.